The number of hydrogen-bond donors (Lipinski definition) is 1. The van der Waals surface area contributed by atoms with Crippen LogP contribution in [-0.2, 0) is 4.79 Å². The van der Waals surface area contributed by atoms with E-state index in [1.165, 1.54) is 12.8 Å². The number of carbonyl (C=O) groups is 1. The van der Waals surface area contributed by atoms with E-state index in [4.69, 9.17) is 0 Å². The molecule has 16 heavy (non-hydrogen) atoms. The zero-order valence-corrected chi connectivity index (χ0v) is 10.8. The van der Waals surface area contributed by atoms with E-state index < -0.39 is 0 Å². The van der Waals surface area contributed by atoms with Crippen molar-refractivity contribution >= 4 is 5.91 Å². The highest BCUT2D eigenvalue weighted by Gasteiger charge is 2.58. The van der Waals surface area contributed by atoms with Crippen LogP contribution in [0.2, 0.25) is 0 Å². The van der Waals surface area contributed by atoms with Crippen molar-refractivity contribution in [2.24, 2.45) is 11.8 Å². The second-order valence-corrected chi connectivity index (χ2v) is 5.98. The Labute approximate surface area is 98.6 Å². The molecule has 0 spiro atoms. The maximum Gasteiger partial charge on any atom is 0.249 e. The number of piperidine rings is 1. The fourth-order valence-corrected chi connectivity index (χ4v) is 3.00. The smallest absolute Gasteiger partial charge is 0.249 e. The van der Waals surface area contributed by atoms with Gasteiger partial charge in [-0.1, -0.05) is 13.8 Å². The van der Waals surface area contributed by atoms with Gasteiger partial charge in [0.05, 0.1) is 0 Å². The minimum atomic E-state index is -0.126. The number of rotatable bonds is 4. The Bertz CT molecular complexity index is 271. The third-order valence-corrected chi connectivity index (χ3v) is 3.96. The van der Waals surface area contributed by atoms with Crippen molar-refractivity contribution in [3.8, 4) is 0 Å². The quantitative estimate of drug-likeness (QED) is 0.736. The molecule has 2 fully saturated rings. The summed E-state index contributed by atoms with van der Waals surface area (Å²) in [5.74, 6) is 1.70. The molecule has 0 aromatic rings. The Morgan fingerprint density at radius 2 is 2.06 bits per heavy atom. The molecule has 1 unspecified atom stereocenters. The molecule has 2 aliphatic rings. The summed E-state index contributed by atoms with van der Waals surface area (Å²) in [5, 5.41) is 3.37. The highest BCUT2D eigenvalue weighted by atomic mass is 16.2. The van der Waals surface area contributed by atoms with Crippen molar-refractivity contribution in [2.75, 3.05) is 19.6 Å². The molecule has 0 saturated carbocycles. The van der Waals surface area contributed by atoms with Crippen LogP contribution in [0, 0.1) is 11.8 Å². The van der Waals surface area contributed by atoms with E-state index in [2.05, 4.69) is 31.0 Å². The van der Waals surface area contributed by atoms with Gasteiger partial charge >= 0.3 is 0 Å². The summed E-state index contributed by atoms with van der Waals surface area (Å²) in [4.78, 5) is 14.0. The van der Waals surface area contributed by atoms with E-state index in [0.717, 1.165) is 32.0 Å². The van der Waals surface area contributed by atoms with Crippen molar-refractivity contribution in [3.63, 3.8) is 0 Å². The summed E-state index contributed by atoms with van der Waals surface area (Å²) in [6, 6.07) is 0. The highest BCUT2D eigenvalue weighted by molar-refractivity contribution is 6.01. The van der Waals surface area contributed by atoms with Crippen LogP contribution in [0.4, 0.5) is 0 Å². The number of hydrogen-bond acceptors (Lipinski definition) is 2. The third-order valence-electron chi connectivity index (χ3n) is 3.96. The summed E-state index contributed by atoms with van der Waals surface area (Å²) < 4.78 is 0. The van der Waals surface area contributed by atoms with Crippen LogP contribution in [0.3, 0.4) is 0 Å². The van der Waals surface area contributed by atoms with Gasteiger partial charge in [-0.15, -0.1) is 0 Å². The fraction of sp³-hybridized carbons (Fsp3) is 0.923. The molecule has 0 bridgehead atoms. The van der Waals surface area contributed by atoms with Crippen LogP contribution in [-0.4, -0.2) is 36.0 Å². The van der Waals surface area contributed by atoms with Gasteiger partial charge in [0.2, 0.25) is 5.91 Å². The molecular formula is C13H24N2O. The van der Waals surface area contributed by atoms with Crippen LogP contribution >= 0.6 is 0 Å². The minimum Gasteiger partial charge on any atom is -0.326 e. The average Bonchev–Trinajstić information content (AvgIpc) is 2.71. The van der Waals surface area contributed by atoms with Crippen molar-refractivity contribution in [1.82, 2.24) is 10.2 Å². The zero-order chi connectivity index (χ0) is 11.8. The largest absolute Gasteiger partial charge is 0.326 e. The van der Waals surface area contributed by atoms with Crippen molar-refractivity contribution < 1.29 is 4.79 Å². The molecule has 0 aliphatic carbocycles. The fourth-order valence-electron chi connectivity index (χ4n) is 3.00. The van der Waals surface area contributed by atoms with E-state index in [9.17, 15) is 4.79 Å². The Kier molecular flexibility index (Phi) is 3.24. The lowest BCUT2D eigenvalue weighted by atomic mass is 9.96. The normalized spacial score (nSPS) is 31.2. The number of nitrogens with zero attached hydrogens (tertiary/aromatic N) is 1. The molecule has 3 nitrogen and oxygen atoms in total. The van der Waals surface area contributed by atoms with Gasteiger partial charge in [-0.05, 0) is 51.1 Å². The molecule has 2 heterocycles. The van der Waals surface area contributed by atoms with Crippen LogP contribution in [0.25, 0.3) is 0 Å². The highest BCUT2D eigenvalue weighted by Crippen LogP contribution is 2.40. The van der Waals surface area contributed by atoms with Gasteiger partial charge in [0, 0.05) is 6.54 Å². The van der Waals surface area contributed by atoms with Gasteiger partial charge in [0.1, 0.15) is 5.54 Å². The maximum atomic E-state index is 11.9. The Morgan fingerprint density at radius 1 is 1.44 bits per heavy atom. The summed E-state index contributed by atoms with van der Waals surface area (Å²) in [5.41, 5.74) is -0.126. The molecule has 0 aromatic carbocycles. The molecule has 2 aliphatic heterocycles. The lowest BCUT2D eigenvalue weighted by Gasteiger charge is -2.24. The minimum absolute atomic E-state index is 0.126. The molecule has 1 amide bonds. The van der Waals surface area contributed by atoms with E-state index >= 15 is 0 Å². The summed E-state index contributed by atoms with van der Waals surface area (Å²) in [7, 11) is 0. The van der Waals surface area contributed by atoms with Gasteiger partial charge < -0.3 is 10.2 Å². The first kappa shape index (κ1) is 11.9. The van der Waals surface area contributed by atoms with Crippen LogP contribution in [0.15, 0.2) is 0 Å². The first-order chi connectivity index (χ1) is 7.54. The van der Waals surface area contributed by atoms with Gasteiger partial charge in [-0.2, -0.15) is 0 Å². The molecule has 3 heteroatoms. The molecule has 0 aromatic heterocycles. The number of nitrogens with one attached hydrogen (secondary N) is 1. The van der Waals surface area contributed by atoms with Gasteiger partial charge in [0.15, 0.2) is 0 Å². The van der Waals surface area contributed by atoms with Crippen molar-refractivity contribution in [1.29, 1.82) is 0 Å². The van der Waals surface area contributed by atoms with Crippen LogP contribution in [0.5, 0.6) is 0 Å². The predicted molar refractivity (Wildman–Crippen MR) is 65.2 cm³/mol. The van der Waals surface area contributed by atoms with Crippen molar-refractivity contribution in [2.45, 2.75) is 45.6 Å². The number of carbonyl (C=O) groups excluding carboxylic acids is 1. The monoisotopic (exact) mass is 224 g/mol. The SMILES string of the molecule is CC(C)CC1(C)C(=O)N1CC1CCNCC1. The third kappa shape index (κ3) is 2.24. The van der Waals surface area contributed by atoms with E-state index in [1.807, 2.05) is 0 Å². The predicted octanol–water partition coefficient (Wildman–Crippen LogP) is 1.63. The lowest BCUT2D eigenvalue weighted by Crippen LogP contribution is -2.32. The summed E-state index contributed by atoms with van der Waals surface area (Å²) in [6.07, 6.45) is 3.46. The maximum absolute atomic E-state index is 11.9. The van der Waals surface area contributed by atoms with E-state index in [0.29, 0.717) is 11.8 Å². The van der Waals surface area contributed by atoms with Gasteiger partial charge in [-0.3, -0.25) is 4.79 Å². The standard InChI is InChI=1S/C13H24N2O/c1-10(2)8-13(3)12(16)15(13)9-11-4-6-14-7-5-11/h10-11,14H,4-9H2,1-3H3. The number of amides is 1. The van der Waals surface area contributed by atoms with Gasteiger partial charge in [-0.25, -0.2) is 0 Å². The second kappa shape index (κ2) is 4.36. The van der Waals surface area contributed by atoms with Crippen LogP contribution < -0.4 is 5.32 Å². The Morgan fingerprint density at radius 3 is 2.62 bits per heavy atom. The molecule has 92 valence electrons. The van der Waals surface area contributed by atoms with Crippen molar-refractivity contribution in [3.05, 3.63) is 0 Å². The Hall–Kier alpha value is -0.570. The summed E-state index contributed by atoms with van der Waals surface area (Å²) >= 11 is 0. The Balaban J connectivity index is 1.85. The molecule has 2 saturated heterocycles. The summed E-state index contributed by atoms with van der Waals surface area (Å²) in [6.45, 7) is 9.72. The first-order valence-corrected chi connectivity index (χ1v) is 6.57. The lowest BCUT2D eigenvalue weighted by molar-refractivity contribution is -0.114. The van der Waals surface area contributed by atoms with Crippen LogP contribution in [0.1, 0.15) is 40.0 Å². The molecule has 2 rings (SSSR count). The molecule has 1 N–H and O–H groups in total. The van der Waals surface area contributed by atoms with Gasteiger partial charge in [0.25, 0.3) is 0 Å². The topological polar surface area (TPSA) is 32.1 Å². The zero-order valence-electron chi connectivity index (χ0n) is 10.8. The van der Waals surface area contributed by atoms with E-state index in [1.54, 1.807) is 0 Å². The first-order valence-electron chi connectivity index (χ1n) is 6.57. The average molecular weight is 224 g/mol. The molecule has 1 atom stereocenters. The second-order valence-electron chi connectivity index (χ2n) is 5.98. The van der Waals surface area contributed by atoms with E-state index in [-0.39, 0.29) is 5.54 Å². The molecular weight excluding hydrogens is 200 g/mol. The molecule has 0 radical (unpaired) electrons.